The average molecular weight is 380 g/mol. The third-order valence-electron chi connectivity index (χ3n) is 2.58. The molecule has 0 aliphatic rings. The van der Waals surface area contributed by atoms with Gasteiger partial charge in [0.15, 0.2) is 0 Å². The van der Waals surface area contributed by atoms with Crippen molar-refractivity contribution in [3.8, 4) is 0 Å². The first-order valence-electron chi connectivity index (χ1n) is 5.88. The number of para-hydroxylation sites is 1. The van der Waals surface area contributed by atoms with Gasteiger partial charge in [-0.2, -0.15) is 13.2 Å². The second-order valence-corrected chi connectivity index (χ2v) is 6.11. The smallest absolute Gasteiger partial charge is 0.380 e. The molecule has 0 atom stereocenters. The van der Waals surface area contributed by atoms with Gasteiger partial charge >= 0.3 is 5.51 Å². The molecule has 0 spiro atoms. The number of thioether (sulfide) groups is 1. The Bertz CT molecular complexity index is 631. The Morgan fingerprint density at radius 3 is 2.48 bits per heavy atom. The van der Waals surface area contributed by atoms with Gasteiger partial charge < -0.3 is 5.32 Å². The summed E-state index contributed by atoms with van der Waals surface area (Å²) in [5.74, 6) is -0.410. The van der Waals surface area contributed by atoms with Crippen LogP contribution in [0.3, 0.4) is 0 Å². The molecular weight excluding hydrogens is 370 g/mol. The van der Waals surface area contributed by atoms with Crippen LogP contribution in [-0.2, 0) is 6.54 Å². The molecule has 0 amide bonds. The van der Waals surface area contributed by atoms with Crippen molar-refractivity contribution in [3.63, 3.8) is 0 Å². The summed E-state index contributed by atoms with van der Waals surface area (Å²) in [4.78, 5) is 0.0857. The number of hydrogen-bond acceptors (Lipinski definition) is 2. The molecule has 112 valence electrons. The first kappa shape index (κ1) is 16.2. The quantitative estimate of drug-likeness (QED) is 0.531. The zero-order chi connectivity index (χ0) is 15.5. The van der Waals surface area contributed by atoms with Gasteiger partial charge in [-0.3, -0.25) is 0 Å². The second-order valence-electron chi connectivity index (χ2n) is 4.15. The van der Waals surface area contributed by atoms with Crippen LogP contribution in [0.1, 0.15) is 5.56 Å². The predicted octanol–water partition coefficient (Wildman–Crippen LogP) is 5.81. The maximum atomic E-state index is 13.4. The Hall–Kier alpha value is -1.21. The van der Waals surface area contributed by atoms with Crippen molar-refractivity contribution in [2.24, 2.45) is 0 Å². The van der Waals surface area contributed by atoms with Crippen LogP contribution >= 0.6 is 27.7 Å². The van der Waals surface area contributed by atoms with Crippen LogP contribution in [0.4, 0.5) is 23.2 Å². The van der Waals surface area contributed by atoms with Crippen LogP contribution in [-0.4, -0.2) is 5.51 Å². The predicted molar refractivity (Wildman–Crippen MR) is 79.8 cm³/mol. The summed E-state index contributed by atoms with van der Waals surface area (Å²) in [5.41, 5.74) is -3.34. The zero-order valence-corrected chi connectivity index (χ0v) is 12.9. The van der Waals surface area contributed by atoms with E-state index in [4.69, 9.17) is 0 Å². The molecule has 0 bridgehead atoms. The van der Waals surface area contributed by atoms with Crippen molar-refractivity contribution in [2.75, 3.05) is 5.32 Å². The fourth-order valence-corrected chi connectivity index (χ4v) is 2.57. The average Bonchev–Trinajstić information content (AvgIpc) is 2.40. The first-order chi connectivity index (χ1) is 9.85. The Balaban J connectivity index is 2.11. The van der Waals surface area contributed by atoms with E-state index in [9.17, 15) is 17.6 Å². The minimum atomic E-state index is -4.35. The zero-order valence-electron chi connectivity index (χ0n) is 10.5. The molecule has 0 unspecified atom stereocenters. The topological polar surface area (TPSA) is 12.0 Å². The molecule has 1 nitrogen and oxygen atoms in total. The highest BCUT2D eigenvalue weighted by atomic mass is 79.9. The SMILES string of the molecule is Fc1cc(CNc2ccccc2SC(F)(F)F)ccc1Br. The molecule has 2 rings (SSSR count). The first-order valence-corrected chi connectivity index (χ1v) is 7.49. The lowest BCUT2D eigenvalue weighted by Crippen LogP contribution is -2.04. The lowest BCUT2D eigenvalue weighted by atomic mass is 10.2. The molecule has 2 aromatic carbocycles. The van der Waals surface area contributed by atoms with Gasteiger partial charge in [0.1, 0.15) is 5.82 Å². The minimum absolute atomic E-state index is 0.0857. The van der Waals surface area contributed by atoms with Gasteiger partial charge in [0.2, 0.25) is 0 Å². The molecule has 0 saturated heterocycles. The fourth-order valence-electron chi connectivity index (χ4n) is 1.67. The van der Waals surface area contributed by atoms with Gasteiger partial charge in [0.25, 0.3) is 0 Å². The van der Waals surface area contributed by atoms with Gasteiger partial charge in [0, 0.05) is 17.1 Å². The van der Waals surface area contributed by atoms with Gasteiger partial charge in [-0.15, -0.1) is 0 Å². The summed E-state index contributed by atoms with van der Waals surface area (Å²) >= 11 is 2.87. The van der Waals surface area contributed by atoms with Crippen LogP contribution in [0.15, 0.2) is 51.8 Å². The molecule has 0 saturated carbocycles. The van der Waals surface area contributed by atoms with E-state index in [1.165, 1.54) is 12.1 Å². The molecule has 7 heteroatoms. The minimum Gasteiger partial charge on any atom is -0.380 e. The Kier molecular flexibility index (Phi) is 5.16. The maximum absolute atomic E-state index is 13.4. The molecule has 0 aliphatic carbocycles. The second kappa shape index (κ2) is 6.70. The maximum Gasteiger partial charge on any atom is 0.446 e. The van der Waals surface area contributed by atoms with Gasteiger partial charge in [-0.05, 0) is 57.5 Å². The third-order valence-corrected chi connectivity index (χ3v) is 4.03. The summed E-state index contributed by atoms with van der Waals surface area (Å²) in [6.45, 7) is 0.236. The number of alkyl halides is 3. The van der Waals surface area contributed by atoms with Crippen molar-refractivity contribution >= 4 is 33.4 Å². The number of rotatable bonds is 4. The van der Waals surface area contributed by atoms with Gasteiger partial charge in [-0.25, -0.2) is 4.39 Å². The number of halogens is 5. The lowest BCUT2D eigenvalue weighted by Gasteiger charge is -2.13. The molecule has 0 aliphatic heterocycles. The molecule has 0 radical (unpaired) electrons. The van der Waals surface area contributed by atoms with Crippen molar-refractivity contribution in [2.45, 2.75) is 16.9 Å². The highest BCUT2D eigenvalue weighted by molar-refractivity contribution is 9.10. The molecule has 21 heavy (non-hydrogen) atoms. The van der Waals surface area contributed by atoms with Crippen molar-refractivity contribution in [1.82, 2.24) is 0 Å². The molecular formula is C14H10BrF4NS. The van der Waals surface area contributed by atoms with Crippen molar-refractivity contribution < 1.29 is 17.6 Å². The van der Waals surface area contributed by atoms with Crippen LogP contribution in [0.2, 0.25) is 0 Å². The monoisotopic (exact) mass is 379 g/mol. The summed E-state index contributed by atoms with van der Waals surface area (Å²) in [6.07, 6.45) is 0. The van der Waals surface area contributed by atoms with E-state index in [0.717, 1.165) is 0 Å². The number of anilines is 1. The summed E-state index contributed by atoms with van der Waals surface area (Å²) in [6, 6.07) is 10.7. The Morgan fingerprint density at radius 1 is 1.10 bits per heavy atom. The number of nitrogens with one attached hydrogen (secondary N) is 1. The molecule has 2 aromatic rings. The molecule has 0 aromatic heterocycles. The standard InChI is InChI=1S/C14H10BrF4NS/c15-10-6-5-9(7-11(10)16)8-20-12-3-1-2-4-13(12)21-14(17,18)19/h1-7,20H,8H2. The van der Waals surface area contributed by atoms with E-state index in [0.29, 0.717) is 15.7 Å². The summed E-state index contributed by atoms with van der Waals surface area (Å²) in [7, 11) is 0. The highest BCUT2D eigenvalue weighted by Gasteiger charge is 2.30. The largest absolute Gasteiger partial charge is 0.446 e. The van der Waals surface area contributed by atoms with Crippen molar-refractivity contribution in [3.05, 3.63) is 58.3 Å². The summed E-state index contributed by atoms with van der Waals surface area (Å²) in [5, 5.41) is 2.90. The number of hydrogen-bond donors (Lipinski definition) is 1. The van der Waals surface area contributed by atoms with E-state index < -0.39 is 11.3 Å². The van der Waals surface area contributed by atoms with Crippen molar-refractivity contribution in [1.29, 1.82) is 0 Å². The highest BCUT2D eigenvalue weighted by Crippen LogP contribution is 2.40. The van der Waals surface area contributed by atoms with E-state index in [2.05, 4.69) is 21.2 Å². The molecule has 1 N–H and O–H groups in total. The molecule has 0 heterocycles. The third kappa shape index (κ3) is 4.93. The Morgan fingerprint density at radius 2 is 1.81 bits per heavy atom. The van der Waals surface area contributed by atoms with Crippen LogP contribution in [0.25, 0.3) is 0 Å². The summed E-state index contributed by atoms with van der Waals surface area (Å²) < 4.78 is 51.1. The van der Waals surface area contributed by atoms with E-state index in [1.54, 1.807) is 30.3 Å². The van der Waals surface area contributed by atoms with Crippen LogP contribution in [0.5, 0.6) is 0 Å². The fraction of sp³-hybridized carbons (Fsp3) is 0.143. The molecule has 0 fully saturated rings. The Labute approximate surface area is 131 Å². The van der Waals surface area contributed by atoms with Gasteiger partial charge in [0.05, 0.1) is 4.47 Å². The lowest BCUT2D eigenvalue weighted by molar-refractivity contribution is -0.0327. The van der Waals surface area contributed by atoms with E-state index >= 15 is 0 Å². The normalized spacial score (nSPS) is 11.5. The van der Waals surface area contributed by atoms with E-state index in [1.807, 2.05) is 0 Å². The van der Waals surface area contributed by atoms with Gasteiger partial charge in [-0.1, -0.05) is 18.2 Å². The van der Waals surface area contributed by atoms with E-state index in [-0.39, 0.29) is 23.2 Å². The van der Waals surface area contributed by atoms with Crippen LogP contribution < -0.4 is 5.32 Å². The number of benzene rings is 2. The van der Waals surface area contributed by atoms with Crippen LogP contribution in [0, 0.1) is 5.82 Å².